The smallest absolute Gasteiger partial charge is 0.343 e. The number of pyridine rings is 2. The Morgan fingerprint density at radius 2 is 1.80 bits per heavy atom. The van der Waals surface area contributed by atoms with E-state index in [9.17, 15) is 39.0 Å². The van der Waals surface area contributed by atoms with Crippen LogP contribution in [-0.2, 0) is 44.4 Å². The Kier molecular flexibility index (Phi) is 10.6. The van der Waals surface area contributed by atoms with Crippen LogP contribution in [-0.4, -0.2) is 81.7 Å². The number of amides is 1. The van der Waals surface area contributed by atoms with E-state index in [0.717, 1.165) is 27.8 Å². The van der Waals surface area contributed by atoms with Crippen molar-refractivity contribution in [3.63, 3.8) is 0 Å². The summed E-state index contributed by atoms with van der Waals surface area (Å²) >= 11 is 0. The van der Waals surface area contributed by atoms with Gasteiger partial charge >= 0.3 is 17.9 Å². The Balaban J connectivity index is 0.000000183. The summed E-state index contributed by atoms with van der Waals surface area (Å²) < 4.78 is 6.72. The molecule has 0 fully saturated rings. The number of fused-ring (bicyclic) bond motifs is 6. The highest BCUT2D eigenvalue weighted by Crippen LogP contribution is 2.38. The number of nitrogen functional groups attached to an aromatic ring is 1. The number of nitrogens with zero attached hydrogens (tertiary/aromatic N) is 6. The molecule has 6 aromatic rings. The van der Waals surface area contributed by atoms with Gasteiger partial charge in [0.1, 0.15) is 12.6 Å². The number of carbonyl (C=O) groups excluding carboxylic acids is 2. The number of rotatable bonds is 10. The molecule has 2 atom stereocenters. The lowest BCUT2D eigenvalue weighted by molar-refractivity contribution is -0.172. The number of anilines is 2. The number of benzene rings is 2. The number of aromatic nitrogens is 6. The number of nitrogens with one attached hydrogen (secondary N) is 2. The molecule has 8 rings (SSSR count). The Labute approximate surface area is 333 Å². The van der Waals surface area contributed by atoms with Crippen molar-refractivity contribution in [2.75, 3.05) is 17.7 Å². The number of cyclic esters (lactones) is 1. The molecule has 2 aliphatic rings. The van der Waals surface area contributed by atoms with Crippen LogP contribution < -0.4 is 27.1 Å². The van der Waals surface area contributed by atoms with Crippen LogP contribution in [0.25, 0.3) is 33.5 Å². The molecule has 0 spiro atoms. The van der Waals surface area contributed by atoms with Gasteiger partial charge in [0.25, 0.3) is 17.0 Å². The van der Waals surface area contributed by atoms with E-state index in [-0.39, 0.29) is 54.1 Å². The number of nitrogens with two attached hydrogens (primary N) is 1. The van der Waals surface area contributed by atoms with Gasteiger partial charge in [-0.1, -0.05) is 25.1 Å². The minimum Gasteiger partial charge on any atom is -0.481 e. The lowest BCUT2D eigenvalue weighted by Crippen LogP contribution is -2.44. The summed E-state index contributed by atoms with van der Waals surface area (Å²) in [6, 6.07) is 16.6. The zero-order valence-electron chi connectivity index (χ0n) is 31.6. The molecule has 0 saturated carbocycles. The molecular formula is C40H37N9O10. The molecule has 2 aliphatic heterocycles. The van der Waals surface area contributed by atoms with Gasteiger partial charge in [0, 0.05) is 41.2 Å². The molecule has 6 heterocycles. The third-order valence-corrected chi connectivity index (χ3v) is 10.1. The molecule has 0 aliphatic carbocycles. The van der Waals surface area contributed by atoms with Gasteiger partial charge in [-0.05, 0) is 55.3 Å². The van der Waals surface area contributed by atoms with Crippen molar-refractivity contribution in [1.82, 2.24) is 34.8 Å². The monoisotopic (exact) mass is 803 g/mol. The number of aliphatic carboxylic acids is 2. The summed E-state index contributed by atoms with van der Waals surface area (Å²) in [6.45, 7) is 2.31. The number of esters is 1. The first kappa shape index (κ1) is 39.7. The number of aromatic amines is 1. The predicted octanol–water partition coefficient (Wildman–Crippen LogP) is 2.06. The molecule has 4 aromatic heterocycles. The van der Waals surface area contributed by atoms with E-state index >= 15 is 0 Å². The lowest BCUT2D eigenvalue weighted by atomic mass is 9.86. The second kappa shape index (κ2) is 15.8. The van der Waals surface area contributed by atoms with Crippen molar-refractivity contribution in [1.29, 1.82) is 0 Å². The van der Waals surface area contributed by atoms with Crippen LogP contribution in [0.3, 0.4) is 0 Å². The molecular weight excluding hydrogens is 766 g/mol. The molecule has 0 saturated heterocycles. The van der Waals surface area contributed by atoms with Crippen LogP contribution in [0.2, 0.25) is 0 Å². The van der Waals surface area contributed by atoms with Crippen LogP contribution in [0.1, 0.15) is 58.9 Å². The van der Waals surface area contributed by atoms with E-state index in [2.05, 4.69) is 25.3 Å². The number of para-hydroxylation sites is 1. The molecule has 1 amide bonds. The number of aliphatic hydroxyl groups is 1. The molecule has 19 nitrogen and oxygen atoms in total. The Bertz CT molecular complexity index is 2810. The average Bonchev–Trinajstić information content (AvgIpc) is 3.58. The highest BCUT2D eigenvalue weighted by molar-refractivity contribution is 5.97. The van der Waals surface area contributed by atoms with E-state index in [4.69, 9.17) is 20.6 Å². The Hall–Kier alpha value is -7.54. The fraction of sp³-hybridized carbons (Fsp3) is 0.250. The molecule has 2 aromatic carbocycles. The van der Waals surface area contributed by atoms with Crippen LogP contribution in [0.15, 0.2) is 76.4 Å². The highest BCUT2D eigenvalue weighted by atomic mass is 16.6. The van der Waals surface area contributed by atoms with Crippen LogP contribution in [0, 0.1) is 0 Å². The minimum atomic E-state index is -1.79. The van der Waals surface area contributed by atoms with Crippen LogP contribution in [0.4, 0.5) is 11.6 Å². The molecule has 7 N–H and O–H groups in total. The normalized spacial score (nSPS) is 15.5. The highest BCUT2D eigenvalue weighted by Gasteiger charge is 2.45. The number of H-pyrrole nitrogens is 1. The van der Waals surface area contributed by atoms with E-state index in [1.165, 1.54) is 18.3 Å². The van der Waals surface area contributed by atoms with Gasteiger partial charge in [0.05, 0.1) is 47.4 Å². The van der Waals surface area contributed by atoms with Crippen molar-refractivity contribution in [3.05, 3.63) is 116 Å². The van der Waals surface area contributed by atoms with Crippen molar-refractivity contribution < 1.29 is 39.2 Å². The number of carboxylic acids is 2. The molecule has 19 heteroatoms. The Morgan fingerprint density at radius 1 is 1.05 bits per heavy atom. The second-order valence-electron chi connectivity index (χ2n) is 14.0. The van der Waals surface area contributed by atoms with Gasteiger partial charge in [-0.2, -0.15) is 4.98 Å². The van der Waals surface area contributed by atoms with Gasteiger partial charge in [-0.25, -0.2) is 24.5 Å². The maximum Gasteiger partial charge on any atom is 0.343 e. The summed E-state index contributed by atoms with van der Waals surface area (Å²) in [7, 11) is 1.78. The van der Waals surface area contributed by atoms with Gasteiger partial charge in [0.15, 0.2) is 16.8 Å². The quantitative estimate of drug-likeness (QED) is 0.108. The van der Waals surface area contributed by atoms with Gasteiger partial charge in [-0.15, -0.1) is 0 Å². The standard InChI is InChI=1S/C20H21N7O6.C20H16N2O4/c1-27(9-11-8-22-16-15(23-11)18(31)26-20(21)25-16)12-4-2-10(3-5-12)17(30)24-13(19(32)33)6-7-14(28)29;1-2-20(25)14-8-16-17-12(7-11-5-3-4-6-15(11)21-17)9-22(16)18(23)13(14)10-26-19(20)24/h2-5,8,13H,6-7,9H2,1H3,(H,24,30)(H,28,29)(H,32,33)(H3,21,22,25,26,31);3-8,25H,2,9-10H2,1H3/t13-;20-/m00/s1. The third-order valence-electron chi connectivity index (χ3n) is 10.1. The summed E-state index contributed by atoms with van der Waals surface area (Å²) in [5, 5.41) is 32.1. The van der Waals surface area contributed by atoms with E-state index in [1.807, 2.05) is 35.2 Å². The third kappa shape index (κ3) is 7.77. The molecule has 59 heavy (non-hydrogen) atoms. The van der Waals surface area contributed by atoms with Gasteiger partial charge in [-0.3, -0.25) is 24.2 Å². The van der Waals surface area contributed by atoms with Crippen molar-refractivity contribution in [3.8, 4) is 11.4 Å². The summed E-state index contributed by atoms with van der Waals surface area (Å²) in [6.07, 6.45) is 1.01. The zero-order chi connectivity index (χ0) is 42.2. The number of carbonyl (C=O) groups is 4. The van der Waals surface area contributed by atoms with E-state index in [1.54, 1.807) is 36.7 Å². The van der Waals surface area contributed by atoms with Gasteiger partial charge < -0.3 is 40.6 Å². The first-order valence-corrected chi connectivity index (χ1v) is 18.3. The van der Waals surface area contributed by atoms with E-state index < -0.39 is 41.0 Å². The minimum absolute atomic E-state index is 0.0487. The summed E-state index contributed by atoms with van der Waals surface area (Å²) in [4.78, 5) is 92.7. The number of hydrogen-bond donors (Lipinski definition) is 6. The molecule has 0 unspecified atom stereocenters. The van der Waals surface area contributed by atoms with E-state index in [0.29, 0.717) is 35.6 Å². The SMILES string of the molecule is CC[C@@]1(O)C(=O)OCc2c1cc1n(c2=O)Cc2cc3ccccc3nc2-1.CN(Cc1cnc2nc(N)[nH]c(=O)c2n1)c1ccc(C(=O)N[C@@H](CCC(=O)O)C(=O)O)cc1. The number of hydrogen-bond acceptors (Lipinski definition) is 14. The number of carboxylic acid groups (broad SMARTS) is 2. The van der Waals surface area contributed by atoms with Crippen LogP contribution in [0.5, 0.6) is 0 Å². The van der Waals surface area contributed by atoms with Crippen LogP contribution >= 0.6 is 0 Å². The zero-order valence-corrected chi connectivity index (χ0v) is 31.6. The lowest BCUT2D eigenvalue weighted by Gasteiger charge is -2.31. The Morgan fingerprint density at radius 3 is 2.51 bits per heavy atom. The van der Waals surface area contributed by atoms with Gasteiger partial charge in [0.2, 0.25) is 5.95 Å². The first-order chi connectivity index (χ1) is 28.2. The fourth-order valence-electron chi connectivity index (χ4n) is 6.94. The molecule has 302 valence electrons. The predicted molar refractivity (Wildman–Crippen MR) is 211 cm³/mol. The maximum absolute atomic E-state index is 13.0. The first-order valence-electron chi connectivity index (χ1n) is 18.3. The second-order valence-corrected chi connectivity index (χ2v) is 14.0. The fourth-order valence-corrected chi connectivity index (χ4v) is 6.94. The topological polar surface area (TPSA) is 286 Å². The maximum atomic E-state index is 13.0. The summed E-state index contributed by atoms with van der Waals surface area (Å²) in [5.41, 5.74) is 8.47. The molecule has 0 radical (unpaired) electrons. The average molecular weight is 804 g/mol. The number of ether oxygens (including phenoxy) is 1. The molecule has 0 bridgehead atoms. The summed E-state index contributed by atoms with van der Waals surface area (Å²) in [5.74, 6) is -3.85. The van der Waals surface area contributed by atoms with Crippen molar-refractivity contribution >= 4 is 57.5 Å². The largest absolute Gasteiger partial charge is 0.481 e. The van der Waals surface area contributed by atoms with Crippen molar-refractivity contribution in [2.45, 2.75) is 57.5 Å². The van der Waals surface area contributed by atoms with Crippen molar-refractivity contribution in [2.24, 2.45) is 0 Å².